The van der Waals surface area contributed by atoms with Crippen LogP contribution in [-0.2, 0) is 16.3 Å². The average molecular weight is 282 g/mol. The second kappa shape index (κ2) is 6.48. The van der Waals surface area contributed by atoms with Crippen molar-refractivity contribution >= 4 is 9.84 Å². The van der Waals surface area contributed by atoms with Gasteiger partial charge in [0.15, 0.2) is 9.84 Å². The summed E-state index contributed by atoms with van der Waals surface area (Å²) < 4.78 is 23.3. The van der Waals surface area contributed by atoms with E-state index < -0.39 is 9.84 Å². The first kappa shape index (κ1) is 14.5. The van der Waals surface area contributed by atoms with E-state index in [9.17, 15) is 8.42 Å². The Morgan fingerprint density at radius 1 is 1.47 bits per heavy atom. The van der Waals surface area contributed by atoms with Crippen molar-refractivity contribution < 1.29 is 8.42 Å². The van der Waals surface area contributed by atoms with Gasteiger partial charge in [0.1, 0.15) is 0 Å². The fraction of sp³-hybridized carbons (Fsp3) is 0.643. The molecule has 0 amide bonds. The molecule has 0 bridgehead atoms. The maximum absolute atomic E-state index is 11.6. The molecule has 1 saturated heterocycles. The number of aromatic nitrogens is 1. The van der Waals surface area contributed by atoms with Crippen LogP contribution in [0.3, 0.4) is 0 Å². The first-order valence-electron chi connectivity index (χ1n) is 6.94. The van der Waals surface area contributed by atoms with Gasteiger partial charge in [-0.3, -0.25) is 4.98 Å². The minimum atomic E-state index is -2.82. The van der Waals surface area contributed by atoms with E-state index in [0.717, 1.165) is 31.5 Å². The first-order chi connectivity index (χ1) is 9.11. The number of sulfone groups is 1. The molecule has 0 aromatic carbocycles. The van der Waals surface area contributed by atoms with Crippen LogP contribution in [0.1, 0.15) is 25.5 Å². The number of hydrogen-bond donors (Lipinski definition) is 1. The van der Waals surface area contributed by atoms with Gasteiger partial charge in [-0.15, -0.1) is 0 Å². The molecule has 1 aromatic rings. The molecule has 2 rings (SSSR count). The van der Waals surface area contributed by atoms with Gasteiger partial charge in [0, 0.05) is 24.4 Å². The predicted octanol–water partition coefficient (Wildman–Crippen LogP) is 1.43. The molecule has 0 spiro atoms. The van der Waals surface area contributed by atoms with E-state index in [1.807, 2.05) is 18.2 Å². The van der Waals surface area contributed by atoms with Crippen LogP contribution >= 0.6 is 0 Å². The summed E-state index contributed by atoms with van der Waals surface area (Å²) in [6.07, 6.45) is 4.42. The highest BCUT2D eigenvalue weighted by Gasteiger charge is 2.33. The molecule has 4 nitrogen and oxygen atoms in total. The topological polar surface area (TPSA) is 59.1 Å². The minimum absolute atomic E-state index is 0.215. The summed E-state index contributed by atoms with van der Waals surface area (Å²) >= 11 is 0. The summed E-state index contributed by atoms with van der Waals surface area (Å²) in [7, 11) is -2.82. The molecule has 0 saturated carbocycles. The van der Waals surface area contributed by atoms with Crippen molar-refractivity contribution in [2.24, 2.45) is 5.92 Å². The Morgan fingerprint density at radius 2 is 2.32 bits per heavy atom. The van der Waals surface area contributed by atoms with Gasteiger partial charge in [0.2, 0.25) is 0 Å². The van der Waals surface area contributed by atoms with Crippen molar-refractivity contribution in [3.63, 3.8) is 0 Å². The molecule has 2 unspecified atom stereocenters. The largest absolute Gasteiger partial charge is 0.313 e. The quantitative estimate of drug-likeness (QED) is 0.857. The van der Waals surface area contributed by atoms with Crippen LogP contribution < -0.4 is 5.32 Å². The summed E-state index contributed by atoms with van der Waals surface area (Å²) in [6, 6.07) is 6.10. The molecule has 0 aliphatic carbocycles. The van der Waals surface area contributed by atoms with Gasteiger partial charge in [0.25, 0.3) is 0 Å². The van der Waals surface area contributed by atoms with Gasteiger partial charge in [-0.05, 0) is 37.4 Å². The van der Waals surface area contributed by atoms with E-state index in [-0.39, 0.29) is 12.0 Å². The highest BCUT2D eigenvalue weighted by atomic mass is 32.2. The fourth-order valence-corrected chi connectivity index (χ4v) is 4.50. The summed E-state index contributed by atoms with van der Waals surface area (Å²) in [4.78, 5) is 4.34. The first-order valence-corrected chi connectivity index (χ1v) is 8.76. The van der Waals surface area contributed by atoms with Crippen LogP contribution in [0.5, 0.6) is 0 Å². The molecule has 2 atom stereocenters. The van der Waals surface area contributed by atoms with Crippen LogP contribution in [0, 0.1) is 5.92 Å². The van der Waals surface area contributed by atoms with Crippen LogP contribution in [0.2, 0.25) is 0 Å². The summed E-state index contributed by atoms with van der Waals surface area (Å²) in [5.74, 6) is 0.879. The fourth-order valence-electron chi connectivity index (χ4n) is 2.62. The zero-order valence-corrected chi connectivity index (χ0v) is 12.2. The Kier molecular flexibility index (Phi) is 4.93. The predicted molar refractivity (Wildman–Crippen MR) is 76.8 cm³/mol. The van der Waals surface area contributed by atoms with E-state index in [0.29, 0.717) is 11.5 Å². The van der Waals surface area contributed by atoms with Crippen molar-refractivity contribution in [3.8, 4) is 0 Å². The van der Waals surface area contributed by atoms with Gasteiger partial charge in [-0.1, -0.05) is 13.0 Å². The van der Waals surface area contributed by atoms with Gasteiger partial charge < -0.3 is 5.32 Å². The third kappa shape index (κ3) is 4.28. The van der Waals surface area contributed by atoms with E-state index in [2.05, 4.69) is 17.2 Å². The molecule has 1 fully saturated rings. The Hall–Kier alpha value is -0.940. The van der Waals surface area contributed by atoms with Crippen molar-refractivity contribution in [1.29, 1.82) is 0 Å². The van der Waals surface area contributed by atoms with E-state index >= 15 is 0 Å². The molecule has 106 valence electrons. The maximum atomic E-state index is 11.6. The van der Waals surface area contributed by atoms with Gasteiger partial charge in [-0.25, -0.2) is 8.42 Å². The summed E-state index contributed by atoms with van der Waals surface area (Å²) in [5.41, 5.74) is 1.03. The summed E-state index contributed by atoms with van der Waals surface area (Å²) in [6.45, 7) is 3.05. The molecule has 19 heavy (non-hydrogen) atoms. The molecule has 1 aliphatic heterocycles. The van der Waals surface area contributed by atoms with Gasteiger partial charge in [0.05, 0.1) is 11.5 Å². The van der Waals surface area contributed by atoms with Gasteiger partial charge in [-0.2, -0.15) is 0 Å². The summed E-state index contributed by atoms with van der Waals surface area (Å²) in [5, 5.41) is 3.49. The Bertz CT molecular complexity index is 487. The standard InChI is InChI=1S/C14H22N2O2S/c1-2-7-16-14(10-13-5-3-4-8-15-13)12-6-9-19(17,18)11-12/h3-5,8,12,14,16H,2,6-7,9-11H2,1H3. The SMILES string of the molecule is CCCNC(Cc1ccccn1)C1CCS(=O)(=O)C1. The van der Waals surface area contributed by atoms with Gasteiger partial charge >= 0.3 is 0 Å². The Labute approximate surface area is 115 Å². The average Bonchev–Trinajstić information content (AvgIpc) is 2.76. The Morgan fingerprint density at radius 3 is 2.89 bits per heavy atom. The van der Waals surface area contributed by atoms with Crippen molar-refractivity contribution in [1.82, 2.24) is 10.3 Å². The van der Waals surface area contributed by atoms with Crippen LogP contribution in [0.4, 0.5) is 0 Å². The monoisotopic (exact) mass is 282 g/mol. The number of nitrogens with one attached hydrogen (secondary N) is 1. The zero-order chi connectivity index (χ0) is 13.7. The maximum Gasteiger partial charge on any atom is 0.150 e. The normalized spacial score (nSPS) is 23.3. The van der Waals surface area contributed by atoms with Crippen LogP contribution in [-0.4, -0.2) is 37.5 Å². The molecule has 1 N–H and O–H groups in total. The Balaban J connectivity index is 2.04. The molecule has 0 radical (unpaired) electrons. The molecule has 1 aromatic heterocycles. The minimum Gasteiger partial charge on any atom is -0.313 e. The lowest BCUT2D eigenvalue weighted by Gasteiger charge is -2.23. The van der Waals surface area contributed by atoms with Crippen LogP contribution in [0.15, 0.2) is 24.4 Å². The lowest BCUT2D eigenvalue weighted by atomic mass is 9.94. The second-order valence-corrected chi connectivity index (χ2v) is 7.48. The highest BCUT2D eigenvalue weighted by Crippen LogP contribution is 2.23. The number of hydrogen-bond acceptors (Lipinski definition) is 4. The van der Waals surface area contributed by atoms with Crippen molar-refractivity contribution in [2.75, 3.05) is 18.1 Å². The zero-order valence-electron chi connectivity index (χ0n) is 11.4. The van der Waals surface area contributed by atoms with Crippen molar-refractivity contribution in [2.45, 2.75) is 32.2 Å². The lowest BCUT2D eigenvalue weighted by Crippen LogP contribution is -2.39. The molecular weight excluding hydrogens is 260 g/mol. The molecule has 1 aliphatic rings. The second-order valence-electron chi connectivity index (χ2n) is 5.25. The van der Waals surface area contributed by atoms with E-state index in [1.165, 1.54) is 0 Å². The lowest BCUT2D eigenvalue weighted by molar-refractivity contribution is 0.377. The highest BCUT2D eigenvalue weighted by molar-refractivity contribution is 7.91. The molecule has 5 heteroatoms. The third-order valence-electron chi connectivity index (χ3n) is 3.65. The number of pyridine rings is 1. The molecule has 2 heterocycles. The van der Waals surface area contributed by atoms with E-state index in [4.69, 9.17) is 0 Å². The third-order valence-corrected chi connectivity index (χ3v) is 5.44. The number of rotatable bonds is 6. The van der Waals surface area contributed by atoms with Crippen LogP contribution in [0.25, 0.3) is 0 Å². The smallest absolute Gasteiger partial charge is 0.150 e. The van der Waals surface area contributed by atoms with Crippen molar-refractivity contribution in [3.05, 3.63) is 30.1 Å². The number of nitrogens with zero attached hydrogens (tertiary/aromatic N) is 1. The van der Waals surface area contributed by atoms with E-state index in [1.54, 1.807) is 6.20 Å². The molecular formula is C14H22N2O2S.